The number of hydrogen-bond donors (Lipinski definition) is 0. The molecule has 262 valence electrons. The van der Waals surface area contributed by atoms with Crippen LogP contribution >= 0.6 is 22.7 Å². The number of rotatable bonds is 6. The van der Waals surface area contributed by atoms with Gasteiger partial charge < -0.3 is 0 Å². The molecule has 0 fully saturated rings. The summed E-state index contributed by atoms with van der Waals surface area (Å²) in [5.74, 6) is 1.99. The van der Waals surface area contributed by atoms with Crippen molar-refractivity contribution in [3.05, 3.63) is 188 Å². The topological polar surface area (TPSA) is 38.7 Å². The molecule has 0 aliphatic carbocycles. The van der Waals surface area contributed by atoms with Crippen molar-refractivity contribution in [3.63, 3.8) is 0 Å². The van der Waals surface area contributed by atoms with Crippen molar-refractivity contribution in [3.8, 4) is 67.5 Å². The van der Waals surface area contributed by atoms with Crippen molar-refractivity contribution < 1.29 is 0 Å². The number of benzene rings is 8. The summed E-state index contributed by atoms with van der Waals surface area (Å²) in [7, 11) is 0. The van der Waals surface area contributed by atoms with E-state index in [-0.39, 0.29) is 0 Å². The first-order valence-electron chi connectivity index (χ1n) is 18.7. The summed E-state index contributed by atoms with van der Waals surface area (Å²) in [6.07, 6.45) is 0. The first kappa shape index (κ1) is 32.6. The Morgan fingerprint density at radius 3 is 1.50 bits per heavy atom. The van der Waals surface area contributed by atoms with Crippen LogP contribution in [0.1, 0.15) is 0 Å². The smallest absolute Gasteiger partial charge is 0.165 e. The molecule has 0 saturated carbocycles. The lowest BCUT2D eigenvalue weighted by molar-refractivity contribution is 1.08. The molecule has 8 aromatic carbocycles. The van der Waals surface area contributed by atoms with E-state index in [2.05, 4.69) is 152 Å². The van der Waals surface area contributed by atoms with Crippen LogP contribution in [0.25, 0.3) is 108 Å². The van der Waals surface area contributed by atoms with Crippen molar-refractivity contribution in [2.75, 3.05) is 0 Å². The van der Waals surface area contributed by atoms with Crippen LogP contribution in [-0.2, 0) is 0 Å². The second-order valence-corrected chi connectivity index (χ2v) is 16.0. The van der Waals surface area contributed by atoms with E-state index in [9.17, 15) is 0 Å². The minimum atomic E-state index is 0.661. The minimum Gasteiger partial charge on any atom is -0.208 e. The maximum atomic E-state index is 5.11. The Morgan fingerprint density at radius 1 is 0.286 bits per heavy atom. The molecule has 0 aliphatic heterocycles. The van der Waals surface area contributed by atoms with Crippen LogP contribution < -0.4 is 0 Å². The van der Waals surface area contributed by atoms with E-state index in [1.54, 1.807) is 11.3 Å². The first-order valence-corrected chi connectivity index (χ1v) is 20.3. The highest BCUT2D eigenvalue weighted by Crippen LogP contribution is 2.47. The summed E-state index contributed by atoms with van der Waals surface area (Å²) < 4.78 is 5.01. The molecule has 3 aromatic heterocycles. The maximum Gasteiger partial charge on any atom is 0.165 e. The average Bonchev–Trinajstić information content (AvgIpc) is 3.86. The van der Waals surface area contributed by atoms with Crippen molar-refractivity contribution in [2.45, 2.75) is 0 Å². The van der Waals surface area contributed by atoms with Crippen LogP contribution in [0.2, 0.25) is 0 Å². The monoisotopic (exact) mass is 749 g/mol. The van der Waals surface area contributed by atoms with E-state index in [0.29, 0.717) is 17.5 Å². The van der Waals surface area contributed by atoms with Crippen LogP contribution in [0.4, 0.5) is 0 Å². The predicted molar refractivity (Wildman–Crippen MR) is 238 cm³/mol. The molecule has 3 nitrogen and oxygen atoms in total. The molecule has 0 N–H and O–H groups in total. The molecule has 56 heavy (non-hydrogen) atoms. The average molecular weight is 750 g/mol. The van der Waals surface area contributed by atoms with Gasteiger partial charge in [0.2, 0.25) is 0 Å². The second kappa shape index (κ2) is 13.5. The minimum absolute atomic E-state index is 0.661. The lowest BCUT2D eigenvalue weighted by Gasteiger charge is -2.12. The Bertz CT molecular complexity index is 3170. The third-order valence-electron chi connectivity index (χ3n) is 10.6. The Hall–Kier alpha value is -6.79. The van der Waals surface area contributed by atoms with Gasteiger partial charge in [0.05, 0.1) is 0 Å². The van der Waals surface area contributed by atoms with E-state index < -0.39 is 0 Å². The highest BCUT2D eigenvalue weighted by atomic mass is 32.1. The Kier molecular flexibility index (Phi) is 7.87. The Labute approximate surface area is 331 Å². The zero-order chi connectivity index (χ0) is 37.0. The van der Waals surface area contributed by atoms with E-state index in [1.165, 1.54) is 69.0 Å². The highest BCUT2D eigenvalue weighted by Gasteiger charge is 2.20. The van der Waals surface area contributed by atoms with Crippen LogP contribution in [0.5, 0.6) is 0 Å². The van der Waals surface area contributed by atoms with Crippen molar-refractivity contribution in [1.29, 1.82) is 0 Å². The summed E-state index contributed by atoms with van der Waals surface area (Å²) >= 11 is 3.68. The Balaban J connectivity index is 1.11. The summed E-state index contributed by atoms with van der Waals surface area (Å²) in [5.41, 5.74) is 10.3. The summed E-state index contributed by atoms with van der Waals surface area (Å²) in [4.78, 5) is 15.2. The number of aromatic nitrogens is 3. The highest BCUT2D eigenvalue weighted by molar-refractivity contribution is 7.26. The van der Waals surface area contributed by atoms with Gasteiger partial charge in [0.15, 0.2) is 17.5 Å². The summed E-state index contributed by atoms with van der Waals surface area (Å²) in [6, 6.07) is 66.9. The van der Waals surface area contributed by atoms with Gasteiger partial charge in [-0.05, 0) is 58.1 Å². The third-order valence-corrected chi connectivity index (χ3v) is 13.0. The molecule has 0 saturated heterocycles. The van der Waals surface area contributed by atoms with Crippen LogP contribution in [-0.4, -0.2) is 15.0 Å². The molecule has 0 spiro atoms. The van der Waals surface area contributed by atoms with Gasteiger partial charge >= 0.3 is 0 Å². The van der Waals surface area contributed by atoms with Gasteiger partial charge in [-0.25, -0.2) is 15.0 Å². The van der Waals surface area contributed by atoms with Crippen LogP contribution in [0.15, 0.2) is 188 Å². The van der Waals surface area contributed by atoms with Crippen LogP contribution in [0.3, 0.4) is 0 Å². The molecule has 0 radical (unpaired) electrons. The zero-order valence-corrected chi connectivity index (χ0v) is 31.7. The number of hydrogen-bond acceptors (Lipinski definition) is 5. The second-order valence-electron chi connectivity index (χ2n) is 13.9. The van der Waals surface area contributed by atoms with Gasteiger partial charge in [-0.3, -0.25) is 0 Å². The number of fused-ring (bicyclic) bond motifs is 6. The largest absolute Gasteiger partial charge is 0.208 e. The molecule has 11 aromatic rings. The van der Waals surface area contributed by atoms with Gasteiger partial charge in [-0.2, -0.15) is 0 Å². The van der Waals surface area contributed by atoms with E-state index >= 15 is 0 Å². The van der Waals surface area contributed by atoms with E-state index in [1.807, 2.05) is 47.7 Å². The normalized spacial score (nSPS) is 11.6. The molecule has 11 rings (SSSR count). The van der Waals surface area contributed by atoms with E-state index in [0.717, 1.165) is 21.4 Å². The molecule has 0 unspecified atom stereocenters. The summed E-state index contributed by atoms with van der Waals surface area (Å²) in [5, 5.41) is 5.03. The molecule has 0 bridgehead atoms. The Morgan fingerprint density at radius 2 is 0.786 bits per heavy atom. The molecule has 0 aliphatic rings. The fourth-order valence-corrected chi connectivity index (χ4v) is 10.3. The van der Waals surface area contributed by atoms with Crippen molar-refractivity contribution in [2.24, 2.45) is 0 Å². The van der Waals surface area contributed by atoms with E-state index in [4.69, 9.17) is 15.0 Å². The lowest BCUT2D eigenvalue weighted by atomic mass is 9.93. The van der Waals surface area contributed by atoms with Gasteiger partial charge in [0.25, 0.3) is 0 Å². The number of thiophene rings is 2. The van der Waals surface area contributed by atoms with Gasteiger partial charge in [-0.1, -0.05) is 158 Å². The molecule has 0 amide bonds. The standard InChI is InChI=1S/C51H31N3S2/c1-4-14-32(15-5-1)33-26-28-34(29-27-33)42-30-37(31-43-39-20-10-11-24-44(39)55-48(42)43)38-21-13-25-45-46(38)40-22-12-23-41(47(40)56-45)51-53-49(35-16-6-2-7-17-35)52-50(54-51)36-18-8-3-9-19-36/h1-31H. The van der Waals surface area contributed by atoms with Gasteiger partial charge in [-0.15, -0.1) is 22.7 Å². The SMILES string of the molecule is c1ccc(-c2ccc(-c3cc(-c4cccc5sc6c(-c7nc(-c8ccccc8)nc(-c8ccccc8)n7)cccc6c45)cc4c3sc3ccccc34)cc2)cc1. The fourth-order valence-electron chi connectivity index (χ4n) is 7.86. The zero-order valence-electron chi connectivity index (χ0n) is 30.1. The molecular weight excluding hydrogens is 719 g/mol. The molecule has 5 heteroatoms. The molecule has 0 atom stereocenters. The van der Waals surface area contributed by atoms with Gasteiger partial charge in [0, 0.05) is 62.6 Å². The van der Waals surface area contributed by atoms with Gasteiger partial charge in [0.1, 0.15) is 0 Å². The maximum absolute atomic E-state index is 5.11. The fraction of sp³-hybridized carbons (Fsp3) is 0. The lowest BCUT2D eigenvalue weighted by Crippen LogP contribution is -2.00. The number of nitrogens with zero attached hydrogens (tertiary/aromatic N) is 3. The summed E-state index contributed by atoms with van der Waals surface area (Å²) in [6.45, 7) is 0. The van der Waals surface area contributed by atoms with Crippen LogP contribution in [0, 0.1) is 0 Å². The third kappa shape index (κ3) is 5.60. The first-order chi connectivity index (χ1) is 27.7. The van der Waals surface area contributed by atoms with Crippen molar-refractivity contribution >= 4 is 63.0 Å². The molecular formula is C51H31N3S2. The predicted octanol–water partition coefficient (Wildman–Crippen LogP) is 14.6. The molecule has 3 heterocycles. The quantitative estimate of drug-likeness (QED) is 0.170. The van der Waals surface area contributed by atoms with Crippen molar-refractivity contribution in [1.82, 2.24) is 15.0 Å².